The van der Waals surface area contributed by atoms with Crippen molar-refractivity contribution in [1.82, 2.24) is 15.2 Å². The van der Waals surface area contributed by atoms with Crippen LogP contribution in [0.25, 0.3) is 0 Å². The molecule has 0 spiro atoms. The number of nitrogens with zero attached hydrogens (tertiary/aromatic N) is 1. The number of aromatic nitrogens is 1. The normalized spacial score (nSPS) is 17.1. The van der Waals surface area contributed by atoms with Crippen LogP contribution in [0.15, 0.2) is 36.5 Å². The lowest BCUT2D eigenvalue weighted by Crippen LogP contribution is -2.40. The Labute approximate surface area is 142 Å². The van der Waals surface area contributed by atoms with Crippen LogP contribution in [-0.2, 0) is 4.79 Å². The van der Waals surface area contributed by atoms with Gasteiger partial charge in [-0.2, -0.15) is 0 Å². The van der Waals surface area contributed by atoms with Gasteiger partial charge in [0, 0.05) is 24.0 Å². The van der Waals surface area contributed by atoms with Gasteiger partial charge in [0.05, 0.1) is 12.6 Å². The van der Waals surface area contributed by atoms with Crippen molar-refractivity contribution in [2.24, 2.45) is 0 Å². The monoisotopic (exact) mass is 325 g/mol. The van der Waals surface area contributed by atoms with Gasteiger partial charge in [-0.1, -0.05) is 17.2 Å². The summed E-state index contributed by atoms with van der Waals surface area (Å²) < 4.78 is 0. The molecule has 2 N–H and O–H groups in total. The van der Waals surface area contributed by atoms with E-state index in [4.69, 9.17) is 0 Å². The Morgan fingerprint density at radius 2 is 2.00 bits per heavy atom. The summed E-state index contributed by atoms with van der Waals surface area (Å²) in [5, 5.41) is 2.76. The van der Waals surface area contributed by atoms with Crippen LogP contribution in [0, 0.1) is 13.8 Å². The van der Waals surface area contributed by atoms with Crippen molar-refractivity contribution < 1.29 is 9.59 Å². The first-order chi connectivity index (χ1) is 11.5. The molecule has 0 saturated carbocycles. The second-order valence-corrected chi connectivity index (χ2v) is 6.43. The van der Waals surface area contributed by atoms with Crippen LogP contribution < -0.4 is 5.32 Å². The molecule has 3 rings (SSSR count). The summed E-state index contributed by atoms with van der Waals surface area (Å²) in [6.45, 7) is 4.69. The summed E-state index contributed by atoms with van der Waals surface area (Å²) in [6, 6.07) is 9.73. The number of H-pyrrole nitrogens is 1. The van der Waals surface area contributed by atoms with Crippen LogP contribution in [0.2, 0.25) is 0 Å². The highest BCUT2D eigenvalue weighted by Gasteiger charge is 2.30. The number of aryl methyl sites for hydroxylation is 2. The van der Waals surface area contributed by atoms with Crippen LogP contribution in [-0.4, -0.2) is 34.8 Å². The third-order valence-electron chi connectivity index (χ3n) is 4.44. The van der Waals surface area contributed by atoms with Gasteiger partial charge in [-0.05, 0) is 51.0 Å². The van der Waals surface area contributed by atoms with Gasteiger partial charge in [-0.25, -0.2) is 0 Å². The van der Waals surface area contributed by atoms with E-state index in [0.29, 0.717) is 5.56 Å². The van der Waals surface area contributed by atoms with E-state index >= 15 is 0 Å². The molecule has 5 nitrogen and oxygen atoms in total. The molecule has 1 atom stereocenters. The fourth-order valence-corrected chi connectivity index (χ4v) is 3.41. The van der Waals surface area contributed by atoms with Gasteiger partial charge >= 0.3 is 0 Å². The molecule has 5 heteroatoms. The van der Waals surface area contributed by atoms with Crippen molar-refractivity contribution in [2.45, 2.75) is 32.7 Å². The number of hydrogen-bond donors (Lipinski definition) is 2. The molecule has 0 bridgehead atoms. The maximum Gasteiger partial charge on any atom is 0.251 e. The Balaban J connectivity index is 1.61. The Kier molecular flexibility index (Phi) is 4.69. The summed E-state index contributed by atoms with van der Waals surface area (Å²) in [7, 11) is 0. The molecule has 2 amide bonds. The predicted octanol–water partition coefficient (Wildman–Crippen LogP) is 2.73. The van der Waals surface area contributed by atoms with Crippen molar-refractivity contribution in [2.75, 3.05) is 13.1 Å². The lowest BCUT2D eigenvalue weighted by Gasteiger charge is -2.24. The van der Waals surface area contributed by atoms with Crippen molar-refractivity contribution >= 4 is 11.8 Å². The van der Waals surface area contributed by atoms with E-state index < -0.39 is 0 Å². The third kappa shape index (κ3) is 3.50. The molecule has 2 aromatic rings. The third-order valence-corrected chi connectivity index (χ3v) is 4.44. The first-order valence-electron chi connectivity index (χ1n) is 8.34. The number of carbonyl (C=O) groups excluding carboxylic acids is 2. The molecular weight excluding hydrogens is 302 g/mol. The summed E-state index contributed by atoms with van der Waals surface area (Å²) >= 11 is 0. The Morgan fingerprint density at radius 1 is 1.25 bits per heavy atom. The fraction of sp³-hybridized carbons (Fsp3) is 0.368. The van der Waals surface area contributed by atoms with E-state index in [1.807, 2.05) is 55.3 Å². The first kappa shape index (κ1) is 16.3. The van der Waals surface area contributed by atoms with Crippen LogP contribution in [0.4, 0.5) is 0 Å². The van der Waals surface area contributed by atoms with Crippen LogP contribution >= 0.6 is 0 Å². The number of aromatic amines is 1. The molecule has 0 unspecified atom stereocenters. The van der Waals surface area contributed by atoms with E-state index in [9.17, 15) is 9.59 Å². The SMILES string of the molecule is Cc1cc(C)cc(C(=O)NCC(=O)N2CCC[C@H]2c2ccc[nH]2)c1. The molecule has 1 aliphatic heterocycles. The second-order valence-electron chi connectivity index (χ2n) is 6.43. The minimum Gasteiger partial charge on any atom is -0.363 e. The number of nitrogens with one attached hydrogen (secondary N) is 2. The molecule has 1 aromatic carbocycles. The molecule has 1 aromatic heterocycles. The highest BCUT2D eigenvalue weighted by Crippen LogP contribution is 2.30. The lowest BCUT2D eigenvalue weighted by atomic mass is 10.1. The smallest absolute Gasteiger partial charge is 0.251 e. The molecule has 0 aliphatic carbocycles. The quantitative estimate of drug-likeness (QED) is 0.908. The number of likely N-dealkylation sites (tertiary alicyclic amines) is 1. The minimum absolute atomic E-state index is 0.0308. The van der Waals surface area contributed by atoms with E-state index in [-0.39, 0.29) is 24.4 Å². The number of benzene rings is 1. The van der Waals surface area contributed by atoms with Crippen molar-refractivity contribution in [3.8, 4) is 0 Å². The van der Waals surface area contributed by atoms with Crippen LogP contribution in [0.5, 0.6) is 0 Å². The summed E-state index contributed by atoms with van der Waals surface area (Å²) in [4.78, 5) is 29.8. The molecular formula is C19H23N3O2. The summed E-state index contributed by atoms with van der Waals surface area (Å²) in [6.07, 6.45) is 3.82. The van der Waals surface area contributed by atoms with Gasteiger partial charge in [0.25, 0.3) is 5.91 Å². The number of hydrogen-bond acceptors (Lipinski definition) is 2. The van der Waals surface area contributed by atoms with E-state index in [2.05, 4.69) is 10.3 Å². The highest BCUT2D eigenvalue weighted by atomic mass is 16.2. The van der Waals surface area contributed by atoms with E-state index in [1.54, 1.807) is 0 Å². The van der Waals surface area contributed by atoms with Crippen LogP contribution in [0.3, 0.4) is 0 Å². The number of amides is 2. The zero-order chi connectivity index (χ0) is 17.1. The molecule has 2 heterocycles. The zero-order valence-corrected chi connectivity index (χ0v) is 14.1. The van der Waals surface area contributed by atoms with Gasteiger partial charge in [-0.3, -0.25) is 9.59 Å². The average molecular weight is 325 g/mol. The number of rotatable bonds is 4. The summed E-state index contributed by atoms with van der Waals surface area (Å²) in [5.41, 5.74) is 3.74. The molecule has 0 radical (unpaired) electrons. The molecule has 24 heavy (non-hydrogen) atoms. The van der Waals surface area contributed by atoms with Crippen LogP contribution in [0.1, 0.15) is 46.1 Å². The Hall–Kier alpha value is -2.56. The van der Waals surface area contributed by atoms with E-state index in [1.165, 1.54) is 0 Å². The molecule has 1 aliphatic rings. The first-order valence-corrected chi connectivity index (χ1v) is 8.34. The maximum atomic E-state index is 12.5. The second kappa shape index (κ2) is 6.91. The minimum atomic E-state index is -0.203. The van der Waals surface area contributed by atoms with Gasteiger partial charge in [0.15, 0.2) is 0 Å². The maximum absolute atomic E-state index is 12.5. The van der Waals surface area contributed by atoms with Crippen molar-refractivity contribution in [3.05, 3.63) is 58.9 Å². The van der Waals surface area contributed by atoms with Gasteiger partial charge < -0.3 is 15.2 Å². The van der Waals surface area contributed by atoms with Gasteiger partial charge in [0.1, 0.15) is 0 Å². The molecule has 1 fully saturated rings. The van der Waals surface area contributed by atoms with Gasteiger partial charge in [-0.15, -0.1) is 0 Å². The largest absolute Gasteiger partial charge is 0.363 e. The average Bonchev–Trinajstić information content (AvgIpc) is 3.21. The summed E-state index contributed by atoms with van der Waals surface area (Å²) in [5.74, 6) is -0.240. The standard InChI is InChI=1S/C19H23N3O2/c1-13-9-14(2)11-15(10-13)19(24)21-12-18(23)22-8-4-6-17(22)16-5-3-7-20-16/h3,5,7,9-11,17,20H,4,6,8,12H2,1-2H3,(H,21,24)/t17-/m0/s1. The van der Waals surface area contributed by atoms with Crippen molar-refractivity contribution in [1.29, 1.82) is 0 Å². The zero-order valence-electron chi connectivity index (χ0n) is 14.1. The molecule has 126 valence electrons. The van der Waals surface area contributed by atoms with Gasteiger partial charge in [0.2, 0.25) is 5.91 Å². The van der Waals surface area contributed by atoms with Crippen molar-refractivity contribution in [3.63, 3.8) is 0 Å². The Morgan fingerprint density at radius 3 is 2.67 bits per heavy atom. The Bertz CT molecular complexity index is 717. The fourth-order valence-electron chi connectivity index (χ4n) is 3.41. The topological polar surface area (TPSA) is 65.2 Å². The highest BCUT2D eigenvalue weighted by molar-refractivity contribution is 5.96. The van der Waals surface area contributed by atoms with E-state index in [0.717, 1.165) is 36.2 Å². The lowest BCUT2D eigenvalue weighted by molar-refractivity contribution is -0.131. The number of carbonyl (C=O) groups is 2. The predicted molar refractivity (Wildman–Crippen MR) is 92.7 cm³/mol. The molecule has 1 saturated heterocycles.